The Hall–Kier alpha value is -2.22. The van der Waals surface area contributed by atoms with Gasteiger partial charge in [0.2, 0.25) is 11.9 Å². The van der Waals surface area contributed by atoms with Crippen LogP contribution in [0.25, 0.3) is 0 Å². The number of ether oxygens (including phenoxy) is 1. The summed E-state index contributed by atoms with van der Waals surface area (Å²) in [5.41, 5.74) is 11.7. The molecule has 7 nitrogen and oxygen atoms in total. The van der Waals surface area contributed by atoms with Gasteiger partial charge in [-0.25, -0.2) is 4.79 Å². The molecule has 94 valence electrons. The van der Waals surface area contributed by atoms with Crippen LogP contribution in [0.4, 0.5) is 11.9 Å². The molecule has 2 rings (SSSR count). The van der Waals surface area contributed by atoms with E-state index in [4.69, 9.17) is 16.2 Å². The molecule has 0 aliphatic heterocycles. The minimum atomic E-state index is -0.417. The van der Waals surface area contributed by atoms with E-state index in [2.05, 4.69) is 15.0 Å². The Morgan fingerprint density at radius 2 is 2.00 bits per heavy atom. The van der Waals surface area contributed by atoms with Crippen LogP contribution in [0, 0.1) is 6.92 Å². The highest BCUT2D eigenvalue weighted by atomic mass is 32.1. The first-order valence-electron chi connectivity index (χ1n) is 5.03. The van der Waals surface area contributed by atoms with E-state index in [-0.39, 0.29) is 24.3 Å². The summed E-state index contributed by atoms with van der Waals surface area (Å²) in [6.45, 7) is 1.75. The van der Waals surface area contributed by atoms with Gasteiger partial charge in [-0.1, -0.05) is 0 Å². The molecule has 2 aromatic rings. The van der Waals surface area contributed by atoms with Crippen molar-refractivity contribution in [3.63, 3.8) is 0 Å². The highest BCUT2D eigenvalue weighted by Gasteiger charge is 2.13. The number of thiophene rings is 1. The molecular formula is C10H11N5O2S. The number of aryl methyl sites for hydroxylation is 1. The largest absolute Gasteiger partial charge is 0.453 e. The van der Waals surface area contributed by atoms with Crippen LogP contribution in [0.1, 0.15) is 21.1 Å². The summed E-state index contributed by atoms with van der Waals surface area (Å²) in [5, 5.41) is 1.82. The second kappa shape index (κ2) is 4.96. The lowest BCUT2D eigenvalue weighted by Gasteiger charge is -2.04. The molecule has 0 spiro atoms. The number of carbonyl (C=O) groups is 1. The molecule has 0 radical (unpaired) electrons. The molecule has 0 aliphatic carbocycles. The predicted molar refractivity (Wildman–Crippen MR) is 66.8 cm³/mol. The van der Waals surface area contributed by atoms with Crippen LogP contribution in [0.3, 0.4) is 0 Å². The molecule has 2 heterocycles. The second-order valence-electron chi connectivity index (χ2n) is 3.48. The first kappa shape index (κ1) is 12.2. The Balaban J connectivity index is 2.04. The Labute approximate surface area is 107 Å². The number of nitrogens with zero attached hydrogens (tertiary/aromatic N) is 3. The van der Waals surface area contributed by atoms with Gasteiger partial charge in [0.05, 0.1) is 0 Å². The van der Waals surface area contributed by atoms with Crippen molar-refractivity contribution >= 4 is 29.2 Å². The Morgan fingerprint density at radius 3 is 2.56 bits per heavy atom. The van der Waals surface area contributed by atoms with Crippen LogP contribution < -0.4 is 11.5 Å². The maximum atomic E-state index is 11.7. The molecule has 0 atom stereocenters. The summed E-state index contributed by atoms with van der Waals surface area (Å²) in [6.07, 6.45) is 0. The van der Waals surface area contributed by atoms with Crippen LogP contribution in [-0.2, 0) is 11.3 Å². The molecule has 0 aliphatic rings. The molecule has 0 amide bonds. The monoisotopic (exact) mass is 265 g/mol. The lowest BCUT2D eigenvalue weighted by atomic mass is 10.3. The molecule has 0 saturated heterocycles. The van der Waals surface area contributed by atoms with E-state index in [1.165, 1.54) is 11.3 Å². The second-order valence-corrected chi connectivity index (χ2v) is 4.39. The van der Waals surface area contributed by atoms with Crippen molar-refractivity contribution in [3.05, 3.63) is 27.7 Å². The van der Waals surface area contributed by atoms with Gasteiger partial charge >= 0.3 is 5.97 Å². The number of hydrogen-bond donors (Lipinski definition) is 2. The molecule has 0 aromatic carbocycles. The van der Waals surface area contributed by atoms with E-state index in [9.17, 15) is 4.79 Å². The van der Waals surface area contributed by atoms with Crippen molar-refractivity contribution < 1.29 is 9.53 Å². The standard InChI is InChI=1S/C10H11N5O2S/c1-5-2-3-18-7(5)8(16)17-4-6-13-9(11)15-10(12)14-6/h2-3H,4H2,1H3,(H4,11,12,13,14,15). The maximum Gasteiger partial charge on any atom is 0.349 e. The van der Waals surface area contributed by atoms with Gasteiger partial charge in [0, 0.05) is 0 Å². The minimum absolute atomic E-state index is 0.000790. The summed E-state index contributed by atoms with van der Waals surface area (Å²) >= 11 is 1.32. The molecule has 0 fully saturated rings. The molecule has 0 bridgehead atoms. The third kappa shape index (κ3) is 2.72. The lowest BCUT2D eigenvalue weighted by molar-refractivity contribution is 0.0467. The van der Waals surface area contributed by atoms with Crippen LogP contribution in [0.5, 0.6) is 0 Å². The van der Waals surface area contributed by atoms with E-state index < -0.39 is 5.97 Å². The van der Waals surface area contributed by atoms with Gasteiger partial charge in [-0.3, -0.25) is 0 Å². The third-order valence-corrected chi connectivity index (χ3v) is 3.09. The van der Waals surface area contributed by atoms with E-state index in [0.717, 1.165) is 5.56 Å². The normalized spacial score (nSPS) is 10.3. The number of carbonyl (C=O) groups excluding carboxylic acids is 1. The van der Waals surface area contributed by atoms with Crippen LogP contribution in [-0.4, -0.2) is 20.9 Å². The first-order valence-corrected chi connectivity index (χ1v) is 5.91. The number of hydrogen-bond acceptors (Lipinski definition) is 8. The quantitative estimate of drug-likeness (QED) is 0.787. The van der Waals surface area contributed by atoms with Crippen LogP contribution in [0.15, 0.2) is 11.4 Å². The van der Waals surface area contributed by atoms with E-state index >= 15 is 0 Å². The average molecular weight is 265 g/mol. The molecule has 8 heteroatoms. The summed E-state index contributed by atoms with van der Waals surface area (Å²) in [7, 11) is 0. The fourth-order valence-electron chi connectivity index (χ4n) is 1.30. The Morgan fingerprint density at radius 1 is 1.33 bits per heavy atom. The van der Waals surface area contributed by atoms with Crippen molar-refractivity contribution in [2.24, 2.45) is 0 Å². The molecule has 4 N–H and O–H groups in total. The molecule has 2 aromatic heterocycles. The van der Waals surface area contributed by atoms with Crippen molar-refractivity contribution in [2.75, 3.05) is 11.5 Å². The third-order valence-electron chi connectivity index (χ3n) is 2.10. The summed E-state index contributed by atoms with van der Waals surface area (Å²) in [5.74, 6) is -0.190. The van der Waals surface area contributed by atoms with Crippen molar-refractivity contribution in [1.29, 1.82) is 0 Å². The average Bonchev–Trinajstić information content (AvgIpc) is 2.71. The van der Waals surface area contributed by atoms with Crippen LogP contribution >= 0.6 is 11.3 Å². The van der Waals surface area contributed by atoms with Gasteiger partial charge < -0.3 is 16.2 Å². The minimum Gasteiger partial charge on any atom is -0.453 e. The van der Waals surface area contributed by atoms with Gasteiger partial charge in [0.15, 0.2) is 12.4 Å². The van der Waals surface area contributed by atoms with Crippen molar-refractivity contribution in [2.45, 2.75) is 13.5 Å². The summed E-state index contributed by atoms with van der Waals surface area (Å²) < 4.78 is 5.07. The van der Waals surface area contributed by atoms with E-state index in [1.54, 1.807) is 0 Å². The van der Waals surface area contributed by atoms with Gasteiger partial charge in [-0.2, -0.15) is 15.0 Å². The number of nitrogen functional groups attached to an aromatic ring is 2. The van der Waals surface area contributed by atoms with Crippen molar-refractivity contribution in [3.8, 4) is 0 Å². The molecule has 0 saturated carbocycles. The fourth-order valence-corrected chi connectivity index (χ4v) is 2.12. The van der Waals surface area contributed by atoms with Crippen molar-refractivity contribution in [1.82, 2.24) is 15.0 Å². The highest BCUT2D eigenvalue weighted by Crippen LogP contribution is 2.17. The van der Waals surface area contributed by atoms with Crippen LogP contribution in [0.2, 0.25) is 0 Å². The lowest BCUT2D eigenvalue weighted by Crippen LogP contribution is -2.10. The number of nitrogens with two attached hydrogens (primary N) is 2. The Kier molecular flexibility index (Phi) is 3.38. The fraction of sp³-hybridized carbons (Fsp3) is 0.200. The first-order chi connectivity index (χ1) is 8.56. The summed E-state index contributed by atoms with van der Waals surface area (Å²) in [6, 6.07) is 1.85. The van der Waals surface area contributed by atoms with Gasteiger partial charge in [-0.05, 0) is 23.9 Å². The Bertz CT molecular complexity index is 563. The van der Waals surface area contributed by atoms with Gasteiger partial charge in [0.1, 0.15) is 4.88 Å². The number of anilines is 2. The predicted octanol–water partition coefficient (Wildman–Crippen LogP) is 0.763. The van der Waals surface area contributed by atoms with Gasteiger partial charge in [-0.15, -0.1) is 11.3 Å². The molecular weight excluding hydrogens is 254 g/mol. The molecule has 18 heavy (non-hydrogen) atoms. The number of rotatable bonds is 3. The topological polar surface area (TPSA) is 117 Å². The SMILES string of the molecule is Cc1ccsc1C(=O)OCc1nc(N)nc(N)n1. The zero-order chi connectivity index (χ0) is 13.1. The zero-order valence-electron chi connectivity index (χ0n) is 9.58. The molecule has 0 unspecified atom stereocenters. The maximum absolute atomic E-state index is 11.7. The van der Waals surface area contributed by atoms with E-state index in [1.807, 2.05) is 18.4 Å². The smallest absolute Gasteiger partial charge is 0.349 e. The number of aromatic nitrogens is 3. The highest BCUT2D eigenvalue weighted by molar-refractivity contribution is 7.12. The van der Waals surface area contributed by atoms with Gasteiger partial charge in [0.25, 0.3) is 0 Å². The van der Waals surface area contributed by atoms with E-state index in [0.29, 0.717) is 4.88 Å². The summed E-state index contributed by atoms with van der Waals surface area (Å²) in [4.78, 5) is 23.5. The number of esters is 1. The zero-order valence-corrected chi connectivity index (χ0v) is 10.4.